The van der Waals surface area contributed by atoms with Gasteiger partial charge in [0.05, 0.1) is 0 Å². The number of carbonyl (C=O) groups excluding carboxylic acids is 1. The average Bonchev–Trinajstić information content (AvgIpc) is 2.65. The van der Waals surface area contributed by atoms with E-state index >= 15 is 0 Å². The highest BCUT2D eigenvalue weighted by Crippen LogP contribution is 2.32. The largest absolute Gasteiger partial charge is 0.298 e. The standard InChI is InChI=1S/C10H6BrIOS/c11-4-8-9(12)3-6(5-13)7-1-2-14-10(7)8/h1-3,5H,4H2. The molecule has 0 fully saturated rings. The van der Waals surface area contributed by atoms with Gasteiger partial charge in [-0.2, -0.15) is 0 Å². The Morgan fingerprint density at radius 3 is 3.00 bits per heavy atom. The maximum atomic E-state index is 10.9. The molecular formula is C10H6BrIOS. The van der Waals surface area contributed by atoms with Crippen LogP contribution in [0.1, 0.15) is 15.9 Å². The number of carbonyl (C=O) groups is 1. The van der Waals surface area contributed by atoms with Crippen LogP contribution in [0.25, 0.3) is 10.1 Å². The first-order valence-corrected chi connectivity index (χ1v) is 7.05. The molecule has 1 nitrogen and oxygen atoms in total. The van der Waals surface area contributed by atoms with E-state index in [1.165, 1.54) is 10.3 Å². The predicted molar refractivity (Wildman–Crippen MR) is 72.6 cm³/mol. The molecular weight excluding hydrogens is 375 g/mol. The summed E-state index contributed by atoms with van der Waals surface area (Å²) in [6.45, 7) is 0. The molecule has 0 amide bonds. The minimum absolute atomic E-state index is 0.787. The summed E-state index contributed by atoms with van der Waals surface area (Å²) in [5.41, 5.74) is 2.07. The molecule has 0 aliphatic rings. The molecule has 2 rings (SSSR count). The van der Waals surface area contributed by atoms with Crippen LogP contribution in [0.2, 0.25) is 0 Å². The van der Waals surface area contributed by atoms with Crippen LogP contribution >= 0.6 is 49.9 Å². The average molecular weight is 381 g/mol. The fourth-order valence-electron chi connectivity index (χ4n) is 1.40. The fourth-order valence-corrected chi connectivity index (χ4v) is 4.65. The van der Waals surface area contributed by atoms with Crippen molar-refractivity contribution in [2.24, 2.45) is 0 Å². The molecule has 0 saturated heterocycles. The first-order chi connectivity index (χ1) is 6.77. The quantitative estimate of drug-likeness (QED) is 0.433. The minimum Gasteiger partial charge on any atom is -0.298 e. The van der Waals surface area contributed by atoms with E-state index in [9.17, 15) is 4.79 Å². The Balaban J connectivity index is 2.88. The lowest BCUT2D eigenvalue weighted by Gasteiger charge is -2.04. The van der Waals surface area contributed by atoms with Gasteiger partial charge < -0.3 is 0 Å². The van der Waals surface area contributed by atoms with Crippen molar-refractivity contribution in [3.8, 4) is 0 Å². The maximum absolute atomic E-state index is 10.9. The van der Waals surface area contributed by atoms with E-state index in [0.717, 1.165) is 26.1 Å². The third kappa shape index (κ3) is 1.63. The summed E-state index contributed by atoms with van der Waals surface area (Å²) in [5, 5.41) is 3.93. The first kappa shape index (κ1) is 10.6. The van der Waals surface area contributed by atoms with Gasteiger partial charge in [0.25, 0.3) is 0 Å². The van der Waals surface area contributed by atoms with Crippen LogP contribution in [0, 0.1) is 3.57 Å². The van der Waals surface area contributed by atoms with Crippen LogP contribution < -0.4 is 0 Å². The van der Waals surface area contributed by atoms with Crippen LogP contribution in [0.5, 0.6) is 0 Å². The van der Waals surface area contributed by atoms with Gasteiger partial charge >= 0.3 is 0 Å². The number of thiophene rings is 1. The Bertz CT molecular complexity index is 492. The Hall–Kier alpha value is 0.0600. The number of fused-ring (bicyclic) bond motifs is 1. The van der Waals surface area contributed by atoms with Gasteiger partial charge in [0, 0.05) is 24.5 Å². The van der Waals surface area contributed by atoms with Gasteiger partial charge in [-0.15, -0.1) is 11.3 Å². The van der Waals surface area contributed by atoms with Crippen molar-refractivity contribution in [1.29, 1.82) is 0 Å². The summed E-state index contributed by atoms with van der Waals surface area (Å²) in [4.78, 5) is 10.9. The molecule has 1 heterocycles. The molecule has 1 aromatic carbocycles. The van der Waals surface area contributed by atoms with E-state index < -0.39 is 0 Å². The smallest absolute Gasteiger partial charge is 0.150 e. The second kappa shape index (κ2) is 4.28. The first-order valence-electron chi connectivity index (χ1n) is 3.97. The number of rotatable bonds is 2. The van der Waals surface area contributed by atoms with E-state index in [1.54, 1.807) is 11.3 Å². The van der Waals surface area contributed by atoms with Crippen molar-refractivity contribution in [1.82, 2.24) is 0 Å². The van der Waals surface area contributed by atoms with Crippen molar-refractivity contribution < 1.29 is 4.79 Å². The van der Waals surface area contributed by atoms with Crippen molar-refractivity contribution in [2.75, 3.05) is 0 Å². The molecule has 0 spiro atoms. The van der Waals surface area contributed by atoms with Gasteiger partial charge in [0.15, 0.2) is 6.29 Å². The Morgan fingerprint density at radius 2 is 2.36 bits per heavy atom. The summed E-state index contributed by atoms with van der Waals surface area (Å²) in [7, 11) is 0. The Kier molecular flexibility index (Phi) is 3.23. The third-order valence-electron chi connectivity index (χ3n) is 2.08. The zero-order valence-corrected chi connectivity index (χ0v) is 11.6. The summed E-state index contributed by atoms with van der Waals surface area (Å²) < 4.78 is 2.37. The summed E-state index contributed by atoms with van der Waals surface area (Å²) in [6, 6.07) is 3.95. The van der Waals surface area contributed by atoms with Gasteiger partial charge in [-0.3, -0.25) is 4.79 Å². The zero-order chi connectivity index (χ0) is 10.1. The van der Waals surface area contributed by atoms with E-state index in [1.807, 2.05) is 17.5 Å². The molecule has 0 unspecified atom stereocenters. The molecule has 1 aromatic heterocycles. The lowest BCUT2D eigenvalue weighted by molar-refractivity contribution is 0.112. The molecule has 0 radical (unpaired) electrons. The second-order valence-electron chi connectivity index (χ2n) is 2.84. The second-order valence-corrected chi connectivity index (χ2v) is 5.48. The number of hydrogen-bond acceptors (Lipinski definition) is 2. The van der Waals surface area contributed by atoms with Crippen LogP contribution in [0.3, 0.4) is 0 Å². The molecule has 72 valence electrons. The Labute approximate surface area is 108 Å². The van der Waals surface area contributed by atoms with Gasteiger partial charge in [0.2, 0.25) is 0 Å². The van der Waals surface area contributed by atoms with Crippen molar-refractivity contribution in [3.63, 3.8) is 0 Å². The molecule has 0 aliphatic heterocycles. The molecule has 2 aromatic rings. The SMILES string of the molecule is O=Cc1cc(I)c(CBr)c2sccc12. The van der Waals surface area contributed by atoms with Crippen LogP contribution in [0.15, 0.2) is 17.5 Å². The van der Waals surface area contributed by atoms with Crippen LogP contribution in [-0.4, -0.2) is 6.29 Å². The van der Waals surface area contributed by atoms with Gasteiger partial charge in [0.1, 0.15) is 0 Å². The maximum Gasteiger partial charge on any atom is 0.150 e. The molecule has 4 heteroatoms. The van der Waals surface area contributed by atoms with E-state index in [4.69, 9.17) is 0 Å². The summed E-state index contributed by atoms with van der Waals surface area (Å²) in [6.07, 6.45) is 0.926. The molecule has 0 atom stereocenters. The highest BCUT2D eigenvalue weighted by atomic mass is 127. The van der Waals surface area contributed by atoms with Crippen LogP contribution in [-0.2, 0) is 5.33 Å². The number of alkyl halides is 1. The van der Waals surface area contributed by atoms with Gasteiger partial charge in [-0.1, -0.05) is 15.9 Å². The number of hydrogen-bond donors (Lipinski definition) is 0. The van der Waals surface area contributed by atoms with Crippen molar-refractivity contribution in [3.05, 3.63) is 32.2 Å². The third-order valence-corrected chi connectivity index (χ3v) is 4.58. The van der Waals surface area contributed by atoms with Gasteiger partial charge in [-0.05, 0) is 45.7 Å². The molecule has 0 aliphatic carbocycles. The normalized spacial score (nSPS) is 10.7. The molecule has 0 N–H and O–H groups in total. The fraction of sp³-hybridized carbons (Fsp3) is 0.100. The van der Waals surface area contributed by atoms with Gasteiger partial charge in [-0.25, -0.2) is 0 Å². The number of aldehydes is 1. The monoisotopic (exact) mass is 380 g/mol. The summed E-state index contributed by atoms with van der Waals surface area (Å²) >= 11 is 7.44. The lowest BCUT2D eigenvalue weighted by Crippen LogP contribution is -1.89. The highest BCUT2D eigenvalue weighted by Gasteiger charge is 2.10. The topological polar surface area (TPSA) is 17.1 Å². The summed E-state index contributed by atoms with van der Waals surface area (Å²) in [5.74, 6) is 0. The minimum atomic E-state index is 0.787. The molecule has 0 bridgehead atoms. The predicted octanol–water partition coefficient (Wildman–Crippen LogP) is 4.21. The lowest BCUT2D eigenvalue weighted by atomic mass is 10.1. The number of benzene rings is 1. The van der Waals surface area contributed by atoms with Crippen molar-refractivity contribution >= 4 is 66.2 Å². The molecule has 14 heavy (non-hydrogen) atoms. The number of halogens is 2. The van der Waals surface area contributed by atoms with E-state index in [0.29, 0.717) is 0 Å². The van der Waals surface area contributed by atoms with Crippen molar-refractivity contribution in [2.45, 2.75) is 5.33 Å². The Morgan fingerprint density at radius 1 is 1.57 bits per heavy atom. The molecule has 0 saturated carbocycles. The highest BCUT2D eigenvalue weighted by molar-refractivity contribution is 14.1. The van der Waals surface area contributed by atoms with E-state index in [2.05, 4.69) is 38.5 Å². The van der Waals surface area contributed by atoms with Crippen LogP contribution in [0.4, 0.5) is 0 Å². The van der Waals surface area contributed by atoms with E-state index in [-0.39, 0.29) is 0 Å². The zero-order valence-electron chi connectivity index (χ0n) is 7.09.